The number of carbonyl (C=O) groups excluding carboxylic acids is 1. The predicted molar refractivity (Wildman–Crippen MR) is 76.7 cm³/mol. The van der Waals surface area contributed by atoms with Crippen LogP contribution in [-0.2, 0) is 11.2 Å². The van der Waals surface area contributed by atoms with Crippen LogP contribution in [0.5, 0.6) is 5.75 Å². The topological polar surface area (TPSA) is 50.1 Å². The molecule has 0 radical (unpaired) electrons. The van der Waals surface area contributed by atoms with Crippen molar-refractivity contribution < 1.29 is 9.53 Å². The van der Waals surface area contributed by atoms with Gasteiger partial charge in [-0.3, -0.25) is 4.79 Å². The minimum atomic E-state index is -0.444. The molecule has 3 nitrogen and oxygen atoms in total. The Kier molecular flexibility index (Phi) is 4.39. The van der Waals surface area contributed by atoms with Crippen molar-refractivity contribution in [2.45, 2.75) is 13.3 Å². The standard InChI is InChI=1S/C16H12ClNO2/c1-11(19)20-16-7-6-12(9-14(16)10-18)8-13-4-2-3-5-15(13)17/h2-7,9H,8H2,1H3. The van der Waals surface area contributed by atoms with E-state index in [1.54, 1.807) is 12.1 Å². The number of rotatable bonds is 3. The molecule has 0 fully saturated rings. The normalized spacial score (nSPS) is 9.85. The van der Waals surface area contributed by atoms with E-state index in [4.69, 9.17) is 21.6 Å². The Morgan fingerprint density at radius 2 is 2.05 bits per heavy atom. The highest BCUT2D eigenvalue weighted by molar-refractivity contribution is 6.31. The van der Waals surface area contributed by atoms with Gasteiger partial charge < -0.3 is 4.74 Å². The van der Waals surface area contributed by atoms with Crippen LogP contribution in [0, 0.1) is 11.3 Å². The lowest BCUT2D eigenvalue weighted by atomic mass is 10.0. The summed E-state index contributed by atoms with van der Waals surface area (Å²) in [5, 5.41) is 9.80. The van der Waals surface area contributed by atoms with Gasteiger partial charge in [-0.1, -0.05) is 35.9 Å². The number of hydrogen-bond donors (Lipinski definition) is 0. The zero-order valence-corrected chi connectivity index (χ0v) is 11.6. The minimum absolute atomic E-state index is 0.280. The third-order valence-electron chi connectivity index (χ3n) is 2.77. The quantitative estimate of drug-likeness (QED) is 0.638. The fourth-order valence-corrected chi connectivity index (χ4v) is 2.08. The Labute approximate surface area is 122 Å². The Morgan fingerprint density at radius 3 is 2.70 bits per heavy atom. The maximum absolute atomic E-state index is 11.0. The lowest BCUT2D eigenvalue weighted by molar-refractivity contribution is -0.131. The van der Waals surface area contributed by atoms with Crippen LogP contribution in [-0.4, -0.2) is 5.97 Å². The van der Waals surface area contributed by atoms with Gasteiger partial charge >= 0.3 is 5.97 Å². The molecule has 0 aliphatic heterocycles. The summed E-state index contributed by atoms with van der Waals surface area (Å²) in [4.78, 5) is 11.0. The first kappa shape index (κ1) is 14.1. The maximum Gasteiger partial charge on any atom is 0.308 e. The molecule has 0 saturated heterocycles. The molecule has 0 aliphatic carbocycles. The molecule has 0 aliphatic rings. The van der Waals surface area contributed by atoms with Gasteiger partial charge in [0.15, 0.2) is 0 Å². The van der Waals surface area contributed by atoms with Gasteiger partial charge in [-0.05, 0) is 35.7 Å². The monoisotopic (exact) mass is 285 g/mol. The summed E-state index contributed by atoms with van der Waals surface area (Å²) >= 11 is 6.11. The average Bonchev–Trinajstić information content (AvgIpc) is 2.42. The maximum atomic E-state index is 11.0. The number of hydrogen-bond acceptors (Lipinski definition) is 3. The first-order valence-electron chi connectivity index (χ1n) is 6.05. The fraction of sp³-hybridized carbons (Fsp3) is 0.125. The number of nitrogens with zero attached hydrogens (tertiary/aromatic N) is 1. The number of carbonyl (C=O) groups is 1. The van der Waals surface area contributed by atoms with Crippen molar-refractivity contribution >= 4 is 17.6 Å². The Morgan fingerprint density at radius 1 is 1.30 bits per heavy atom. The molecular weight excluding hydrogens is 274 g/mol. The van der Waals surface area contributed by atoms with Gasteiger partial charge in [-0.2, -0.15) is 5.26 Å². The molecule has 0 atom stereocenters. The Balaban J connectivity index is 2.29. The van der Waals surface area contributed by atoms with Crippen molar-refractivity contribution in [2.75, 3.05) is 0 Å². The summed E-state index contributed by atoms with van der Waals surface area (Å²) in [6, 6.07) is 14.7. The highest BCUT2D eigenvalue weighted by atomic mass is 35.5. The third kappa shape index (κ3) is 3.37. The molecule has 0 unspecified atom stereocenters. The van der Waals surface area contributed by atoms with E-state index in [-0.39, 0.29) is 5.75 Å². The Bertz CT molecular complexity index is 689. The van der Waals surface area contributed by atoms with E-state index in [2.05, 4.69) is 0 Å². The predicted octanol–water partition coefficient (Wildman–Crippen LogP) is 3.73. The van der Waals surface area contributed by atoms with E-state index in [1.165, 1.54) is 6.92 Å². The summed E-state index contributed by atoms with van der Waals surface area (Å²) in [6.45, 7) is 1.30. The van der Waals surface area contributed by atoms with Gasteiger partial charge in [0, 0.05) is 11.9 Å². The van der Waals surface area contributed by atoms with Crippen LogP contribution in [0.2, 0.25) is 5.02 Å². The van der Waals surface area contributed by atoms with Gasteiger partial charge in [-0.25, -0.2) is 0 Å². The van der Waals surface area contributed by atoms with Crippen molar-refractivity contribution in [2.24, 2.45) is 0 Å². The van der Waals surface area contributed by atoms with Crippen LogP contribution in [0.4, 0.5) is 0 Å². The number of nitriles is 1. The van der Waals surface area contributed by atoms with Crippen LogP contribution in [0.3, 0.4) is 0 Å². The van der Waals surface area contributed by atoms with Crippen molar-refractivity contribution in [1.82, 2.24) is 0 Å². The van der Waals surface area contributed by atoms with E-state index in [0.29, 0.717) is 17.0 Å². The van der Waals surface area contributed by atoms with Crippen molar-refractivity contribution in [3.05, 3.63) is 64.2 Å². The molecule has 0 bridgehead atoms. The first-order valence-corrected chi connectivity index (χ1v) is 6.43. The molecule has 0 saturated carbocycles. The summed E-state index contributed by atoms with van der Waals surface area (Å²) in [7, 11) is 0. The number of esters is 1. The smallest absolute Gasteiger partial charge is 0.308 e. The van der Waals surface area contributed by atoms with Gasteiger partial charge in [0.25, 0.3) is 0 Å². The molecule has 0 heterocycles. The lowest BCUT2D eigenvalue weighted by Crippen LogP contribution is -2.03. The highest BCUT2D eigenvalue weighted by Crippen LogP contribution is 2.23. The second-order valence-corrected chi connectivity index (χ2v) is 4.71. The first-order chi connectivity index (χ1) is 9.60. The lowest BCUT2D eigenvalue weighted by Gasteiger charge is -2.08. The van der Waals surface area contributed by atoms with E-state index >= 15 is 0 Å². The van der Waals surface area contributed by atoms with E-state index in [9.17, 15) is 4.79 Å². The molecule has 2 aromatic rings. The minimum Gasteiger partial charge on any atom is -0.425 e. The molecule has 0 N–H and O–H groups in total. The second-order valence-electron chi connectivity index (χ2n) is 4.30. The SMILES string of the molecule is CC(=O)Oc1ccc(Cc2ccccc2Cl)cc1C#N. The average molecular weight is 286 g/mol. The Hall–Kier alpha value is -2.31. The molecule has 20 heavy (non-hydrogen) atoms. The molecular formula is C16H12ClNO2. The number of halogens is 1. The van der Waals surface area contributed by atoms with E-state index in [0.717, 1.165) is 11.1 Å². The van der Waals surface area contributed by atoms with Crippen molar-refractivity contribution in [3.63, 3.8) is 0 Å². The van der Waals surface area contributed by atoms with Crippen molar-refractivity contribution in [3.8, 4) is 11.8 Å². The molecule has 2 rings (SSSR count). The summed E-state index contributed by atoms with van der Waals surface area (Å²) in [6.07, 6.45) is 0.620. The molecule has 0 aromatic heterocycles. The molecule has 0 spiro atoms. The molecule has 2 aromatic carbocycles. The van der Waals surface area contributed by atoms with Gasteiger partial charge in [0.1, 0.15) is 11.8 Å². The number of ether oxygens (including phenoxy) is 1. The second kappa shape index (κ2) is 6.23. The molecule has 4 heteroatoms. The van der Waals surface area contributed by atoms with Crippen LogP contribution in [0.1, 0.15) is 23.6 Å². The largest absolute Gasteiger partial charge is 0.425 e. The zero-order chi connectivity index (χ0) is 14.5. The number of benzene rings is 2. The van der Waals surface area contributed by atoms with Gasteiger partial charge in [0.2, 0.25) is 0 Å². The van der Waals surface area contributed by atoms with Gasteiger partial charge in [-0.15, -0.1) is 0 Å². The van der Waals surface area contributed by atoms with Crippen molar-refractivity contribution in [1.29, 1.82) is 5.26 Å². The summed E-state index contributed by atoms with van der Waals surface area (Å²) in [5.74, 6) is -0.164. The summed E-state index contributed by atoms with van der Waals surface area (Å²) < 4.78 is 4.98. The highest BCUT2D eigenvalue weighted by Gasteiger charge is 2.08. The van der Waals surface area contributed by atoms with Crippen LogP contribution in [0.25, 0.3) is 0 Å². The van der Waals surface area contributed by atoms with Crippen LogP contribution in [0.15, 0.2) is 42.5 Å². The zero-order valence-electron chi connectivity index (χ0n) is 10.9. The van der Waals surface area contributed by atoms with Gasteiger partial charge in [0.05, 0.1) is 5.56 Å². The third-order valence-corrected chi connectivity index (χ3v) is 3.14. The van der Waals surface area contributed by atoms with Crippen LogP contribution >= 0.6 is 11.6 Å². The summed E-state index contributed by atoms with van der Waals surface area (Å²) in [5.41, 5.74) is 2.26. The molecule has 0 amide bonds. The van der Waals surface area contributed by atoms with Crippen LogP contribution < -0.4 is 4.74 Å². The fourth-order valence-electron chi connectivity index (χ4n) is 1.88. The molecule has 100 valence electrons. The van der Waals surface area contributed by atoms with E-state index < -0.39 is 5.97 Å². The van der Waals surface area contributed by atoms with E-state index in [1.807, 2.05) is 36.4 Å².